The predicted octanol–water partition coefficient (Wildman–Crippen LogP) is 10.9. The summed E-state index contributed by atoms with van der Waals surface area (Å²) in [6.45, 7) is 4.69. The first-order valence-corrected chi connectivity index (χ1v) is 14.2. The highest BCUT2D eigenvalue weighted by Crippen LogP contribution is 2.62. The lowest BCUT2D eigenvalue weighted by molar-refractivity contribution is 0.478. The van der Waals surface area contributed by atoms with Gasteiger partial charge in [-0.2, -0.15) is 0 Å². The molecule has 0 aromatic heterocycles. The Hall–Kier alpha value is -5.08. The molecule has 0 radical (unpaired) electrons. The quantitative estimate of drug-likeness (QED) is 0.227. The molecule has 0 atom stereocenters. The fourth-order valence-corrected chi connectivity index (χ4v) is 6.61. The van der Waals surface area contributed by atoms with Crippen LogP contribution in [0.2, 0.25) is 0 Å². The van der Waals surface area contributed by atoms with E-state index in [4.69, 9.17) is 4.74 Å². The van der Waals surface area contributed by atoms with Gasteiger partial charge in [0.2, 0.25) is 0 Å². The van der Waals surface area contributed by atoms with E-state index in [0.717, 1.165) is 28.6 Å². The third-order valence-corrected chi connectivity index (χ3v) is 8.64. The van der Waals surface area contributed by atoms with Gasteiger partial charge in [-0.1, -0.05) is 117 Å². The summed E-state index contributed by atoms with van der Waals surface area (Å²) in [5, 5.41) is 0. The van der Waals surface area contributed by atoms with Gasteiger partial charge in [0.1, 0.15) is 0 Å². The second kappa shape index (κ2) is 8.97. The number of hydrogen-bond acceptors (Lipinski definition) is 2. The number of benzene rings is 6. The molecule has 0 saturated carbocycles. The van der Waals surface area contributed by atoms with E-state index in [1.807, 2.05) is 0 Å². The summed E-state index contributed by atoms with van der Waals surface area (Å²) in [6, 6.07) is 49.7. The SMILES string of the molecule is CC1(C)c2cc(-c3ccccc3)ccc2-c2c1cc(-c1ccccc1)c1c2Oc2ccccc2N1c1ccccc1. The summed E-state index contributed by atoms with van der Waals surface area (Å²) in [5.41, 5.74) is 12.9. The van der Waals surface area contributed by atoms with E-state index >= 15 is 0 Å². The van der Waals surface area contributed by atoms with Crippen molar-refractivity contribution in [2.45, 2.75) is 19.3 Å². The summed E-state index contributed by atoms with van der Waals surface area (Å²) in [4.78, 5) is 2.38. The number of para-hydroxylation sites is 3. The van der Waals surface area contributed by atoms with Crippen molar-refractivity contribution < 1.29 is 4.74 Å². The Morgan fingerprint density at radius 1 is 0.537 bits per heavy atom. The maximum atomic E-state index is 6.96. The van der Waals surface area contributed by atoms with Gasteiger partial charge in [0.25, 0.3) is 0 Å². The molecule has 0 fully saturated rings. The topological polar surface area (TPSA) is 12.5 Å². The lowest BCUT2D eigenvalue weighted by atomic mass is 9.80. The van der Waals surface area contributed by atoms with Crippen LogP contribution in [0.25, 0.3) is 33.4 Å². The molecule has 8 rings (SSSR count). The molecule has 1 aliphatic carbocycles. The lowest BCUT2D eigenvalue weighted by Gasteiger charge is -2.36. The van der Waals surface area contributed by atoms with Crippen LogP contribution in [-0.2, 0) is 5.41 Å². The van der Waals surface area contributed by atoms with Crippen LogP contribution in [0.4, 0.5) is 17.1 Å². The second-order valence-corrected chi connectivity index (χ2v) is 11.4. The maximum absolute atomic E-state index is 6.96. The van der Waals surface area contributed by atoms with E-state index in [2.05, 4.69) is 158 Å². The van der Waals surface area contributed by atoms with Crippen molar-refractivity contribution in [3.05, 3.63) is 151 Å². The molecule has 1 heterocycles. The molecule has 2 aliphatic rings. The molecule has 41 heavy (non-hydrogen) atoms. The van der Waals surface area contributed by atoms with E-state index in [9.17, 15) is 0 Å². The lowest BCUT2D eigenvalue weighted by Crippen LogP contribution is -2.19. The molecule has 0 saturated heterocycles. The Balaban J connectivity index is 1.46. The molecule has 0 amide bonds. The van der Waals surface area contributed by atoms with E-state index in [0.29, 0.717) is 0 Å². The monoisotopic (exact) mass is 527 g/mol. The first kappa shape index (κ1) is 23.8. The summed E-state index contributed by atoms with van der Waals surface area (Å²) in [6.07, 6.45) is 0. The van der Waals surface area contributed by atoms with Crippen molar-refractivity contribution in [1.82, 2.24) is 0 Å². The number of rotatable bonds is 3. The highest BCUT2D eigenvalue weighted by molar-refractivity contribution is 6.03. The first-order valence-electron chi connectivity index (χ1n) is 14.2. The average Bonchev–Trinajstić information content (AvgIpc) is 3.26. The number of hydrogen-bond donors (Lipinski definition) is 0. The molecule has 1 aliphatic heterocycles. The van der Waals surface area contributed by atoms with Crippen molar-refractivity contribution in [3.63, 3.8) is 0 Å². The molecule has 0 bridgehead atoms. The number of nitrogens with zero attached hydrogens (tertiary/aromatic N) is 1. The summed E-state index contributed by atoms with van der Waals surface area (Å²) in [5.74, 6) is 1.78. The molecule has 0 unspecified atom stereocenters. The largest absolute Gasteiger partial charge is 0.452 e. The van der Waals surface area contributed by atoms with Gasteiger partial charge in [0.05, 0.1) is 11.4 Å². The van der Waals surface area contributed by atoms with Gasteiger partial charge in [-0.05, 0) is 69.8 Å². The molecule has 6 aromatic carbocycles. The molecule has 2 heteroatoms. The third kappa shape index (κ3) is 3.57. The predicted molar refractivity (Wildman–Crippen MR) is 170 cm³/mol. The van der Waals surface area contributed by atoms with Crippen LogP contribution in [0.1, 0.15) is 25.0 Å². The zero-order chi connectivity index (χ0) is 27.6. The van der Waals surface area contributed by atoms with E-state index in [1.165, 1.54) is 44.5 Å². The Bertz CT molecular complexity index is 1920. The van der Waals surface area contributed by atoms with E-state index in [-0.39, 0.29) is 5.41 Å². The minimum atomic E-state index is -0.202. The number of fused-ring (bicyclic) bond motifs is 6. The standard InChI is InChI=1S/C39H29NO/c1-39(2)32-24-28(26-14-6-3-7-15-26)22-23-30(32)36-33(39)25-31(27-16-8-4-9-17-27)37-38(36)41-35-21-13-12-20-34(35)40(37)29-18-10-5-11-19-29/h3-25H,1-2H3. The maximum Gasteiger partial charge on any atom is 0.160 e. The van der Waals surface area contributed by atoms with Crippen LogP contribution in [0, 0.1) is 0 Å². The van der Waals surface area contributed by atoms with Crippen LogP contribution in [0.3, 0.4) is 0 Å². The van der Waals surface area contributed by atoms with Gasteiger partial charge in [-0.3, -0.25) is 0 Å². The second-order valence-electron chi connectivity index (χ2n) is 11.4. The Labute approximate surface area is 241 Å². The summed E-state index contributed by atoms with van der Waals surface area (Å²) < 4.78 is 6.96. The third-order valence-electron chi connectivity index (χ3n) is 8.64. The van der Waals surface area contributed by atoms with Crippen LogP contribution < -0.4 is 9.64 Å². The number of anilines is 3. The normalized spacial score (nSPS) is 14.0. The molecule has 6 aromatic rings. The molecule has 0 N–H and O–H groups in total. The van der Waals surface area contributed by atoms with E-state index < -0.39 is 0 Å². The van der Waals surface area contributed by atoms with Gasteiger partial charge in [-0.15, -0.1) is 0 Å². The highest BCUT2D eigenvalue weighted by Gasteiger charge is 2.42. The van der Waals surface area contributed by atoms with Gasteiger partial charge in [0.15, 0.2) is 11.5 Å². The summed E-state index contributed by atoms with van der Waals surface area (Å²) >= 11 is 0. The Kier molecular flexibility index (Phi) is 5.20. The van der Waals surface area contributed by atoms with Crippen molar-refractivity contribution in [2.75, 3.05) is 4.90 Å². The van der Waals surface area contributed by atoms with Gasteiger partial charge < -0.3 is 9.64 Å². The Morgan fingerprint density at radius 3 is 1.90 bits per heavy atom. The first-order chi connectivity index (χ1) is 20.1. The number of ether oxygens (including phenoxy) is 1. The van der Waals surface area contributed by atoms with Crippen LogP contribution in [-0.4, -0.2) is 0 Å². The van der Waals surface area contributed by atoms with E-state index in [1.54, 1.807) is 0 Å². The minimum absolute atomic E-state index is 0.202. The van der Waals surface area contributed by atoms with Crippen LogP contribution >= 0.6 is 0 Å². The zero-order valence-electron chi connectivity index (χ0n) is 23.1. The van der Waals surface area contributed by atoms with Crippen LogP contribution in [0.15, 0.2) is 140 Å². The van der Waals surface area contributed by atoms with Crippen molar-refractivity contribution >= 4 is 17.1 Å². The average molecular weight is 528 g/mol. The smallest absolute Gasteiger partial charge is 0.160 e. The molecular weight excluding hydrogens is 498 g/mol. The molecule has 196 valence electrons. The van der Waals surface area contributed by atoms with Crippen molar-refractivity contribution in [1.29, 1.82) is 0 Å². The zero-order valence-corrected chi connectivity index (χ0v) is 23.1. The van der Waals surface area contributed by atoms with Crippen molar-refractivity contribution in [3.8, 4) is 44.9 Å². The molecular formula is C39H29NO. The highest BCUT2D eigenvalue weighted by atomic mass is 16.5. The Morgan fingerprint density at radius 2 is 1.17 bits per heavy atom. The fraction of sp³-hybridized carbons (Fsp3) is 0.0769. The summed E-state index contributed by atoms with van der Waals surface area (Å²) in [7, 11) is 0. The van der Waals surface area contributed by atoms with Crippen molar-refractivity contribution in [2.24, 2.45) is 0 Å². The van der Waals surface area contributed by atoms with Gasteiger partial charge >= 0.3 is 0 Å². The minimum Gasteiger partial charge on any atom is -0.452 e. The van der Waals surface area contributed by atoms with Gasteiger partial charge in [-0.25, -0.2) is 0 Å². The molecule has 0 spiro atoms. The van der Waals surface area contributed by atoms with Gasteiger partial charge in [0, 0.05) is 22.2 Å². The van der Waals surface area contributed by atoms with Crippen LogP contribution in [0.5, 0.6) is 11.5 Å². The molecule has 2 nitrogen and oxygen atoms in total. The fourth-order valence-electron chi connectivity index (χ4n) is 6.61.